The summed E-state index contributed by atoms with van der Waals surface area (Å²) in [6.07, 6.45) is 0. The largest absolute Gasteiger partial charge is 0.398 e. The minimum Gasteiger partial charge on any atom is -0.398 e. The molecule has 0 aliphatic rings. The number of benzene rings is 8. The Bertz CT molecular complexity index is 3450. The summed E-state index contributed by atoms with van der Waals surface area (Å²) in [5.74, 6) is 0. The molecule has 0 aliphatic carbocycles. The van der Waals surface area contributed by atoms with E-state index in [2.05, 4.69) is 196 Å². The Morgan fingerprint density at radius 1 is 0.433 bits per heavy atom. The Balaban J connectivity index is 0.969. The van der Waals surface area contributed by atoms with Crippen LogP contribution in [-0.4, -0.2) is 14.1 Å². The number of rotatable bonds is 6. The van der Waals surface area contributed by atoms with Crippen molar-refractivity contribution >= 4 is 71.9 Å². The third kappa shape index (κ3) is 6.02. The molecule has 282 valence electrons. The van der Waals surface area contributed by atoms with Crippen LogP contribution in [0, 0.1) is 14.9 Å². The van der Waals surface area contributed by atoms with E-state index in [1.165, 1.54) is 10.8 Å². The molecule has 5 nitrogen and oxygen atoms in total. The lowest BCUT2D eigenvalue weighted by molar-refractivity contribution is 1.16. The summed E-state index contributed by atoms with van der Waals surface area (Å²) in [5, 5.41) is 14.3. The van der Waals surface area contributed by atoms with E-state index in [-0.39, 0.29) is 0 Å². The number of halogens is 1. The van der Waals surface area contributed by atoms with Gasteiger partial charge in [0.1, 0.15) is 0 Å². The van der Waals surface area contributed by atoms with Crippen molar-refractivity contribution in [2.45, 2.75) is 0 Å². The molecule has 2 N–H and O–H groups in total. The fourth-order valence-electron chi connectivity index (χ4n) is 8.72. The SMILES string of the molecule is N#Cc1ccc2c(c1)c1cc(I)ccc1n2-c1ccc2c(c1)c1ccccc1n2-c1ccc(-c2ccc(-c3cc(-c4ccccc4)cc(-c4ccccc4)n3)c(N)c2)cc1. The van der Waals surface area contributed by atoms with E-state index in [4.69, 9.17) is 10.7 Å². The second kappa shape index (κ2) is 14.4. The van der Waals surface area contributed by atoms with Crippen molar-refractivity contribution in [3.05, 3.63) is 203 Å². The predicted molar refractivity (Wildman–Crippen MR) is 257 cm³/mol. The van der Waals surface area contributed by atoms with E-state index in [9.17, 15) is 5.26 Å². The highest BCUT2D eigenvalue weighted by atomic mass is 127. The molecule has 3 aromatic heterocycles. The molecular weight excluding hydrogens is 846 g/mol. The summed E-state index contributed by atoms with van der Waals surface area (Å²) in [7, 11) is 0. The number of fused-ring (bicyclic) bond motifs is 6. The molecule has 3 heterocycles. The van der Waals surface area contributed by atoms with Gasteiger partial charge < -0.3 is 14.9 Å². The van der Waals surface area contributed by atoms with Crippen molar-refractivity contribution < 1.29 is 0 Å². The van der Waals surface area contributed by atoms with Gasteiger partial charge >= 0.3 is 0 Å². The van der Waals surface area contributed by atoms with Gasteiger partial charge in [0.15, 0.2) is 0 Å². The summed E-state index contributed by atoms with van der Waals surface area (Å²) in [5.41, 5.74) is 22.9. The van der Waals surface area contributed by atoms with Crippen LogP contribution in [0.5, 0.6) is 0 Å². The van der Waals surface area contributed by atoms with Crippen molar-refractivity contribution in [1.82, 2.24) is 14.1 Å². The topological polar surface area (TPSA) is 72.6 Å². The number of nitrogens with two attached hydrogens (primary N) is 1. The molecule has 8 aromatic carbocycles. The number of pyridine rings is 1. The van der Waals surface area contributed by atoms with Crippen LogP contribution in [0.4, 0.5) is 5.69 Å². The zero-order valence-corrected chi connectivity index (χ0v) is 34.4. The van der Waals surface area contributed by atoms with E-state index in [0.29, 0.717) is 11.3 Å². The van der Waals surface area contributed by atoms with E-state index < -0.39 is 0 Å². The molecule has 0 bridgehead atoms. The summed E-state index contributed by atoms with van der Waals surface area (Å²) < 4.78 is 5.82. The fraction of sp³-hybridized carbons (Fsp3) is 0. The molecule has 0 radical (unpaired) electrons. The number of para-hydroxylation sites is 1. The van der Waals surface area contributed by atoms with E-state index in [1.54, 1.807) is 0 Å². The molecule has 6 heteroatoms. The minimum absolute atomic E-state index is 0.658. The van der Waals surface area contributed by atoms with Gasteiger partial charge in [0.25, 0.3) is 0 Å². The summed E-state index contributed by atoms with van der Waals surface area (Å²) in [4.78, 5) is 5.11. The first-order valence-corrected chi connectivity index (χ1v) is 20.9. The predicted octanol–water partition coefficient (Wildman–Crippen LogP) is 14.0. The van der Waals surface area contributed by atoms with Crippen molar-refractivity contribution in [3.63, 3.8) is 0 Å². The second-order valence-electron chi connectivity index (χ2n) is 15.1. The maximum absolute atomic E-state index is 9.71. The van der Waals surface area contributed by atoms with Crippen LogP contribution in [0.1, 0.15) is 5.56 Å². The zero-order chi connectivity index (χ0) is 40.3. The second-order valence-corrected chi connectivity index (χ2v) is 16.3. The highest BCUT2D eigenvalue weighted by Crippen LogP contribution is 2.39. The molecule has 11 aromatic rings. The highest BCUT2D eigenvalue weighted by molar-refractivity contribution is 14.1. The Morgan fingerprint density at radius 2 is 1.00 bits per heavy atom. The maximum atomic E-state index is 9.71. The van der Waals surface area contributed by atoms with Crippen LogP contribution in [0.2, 0.25) is 0 Å². The third-order valence-electron chi connectivity index (χ3n) is 11.6. The highest BCUT2D eigenvalue weighted by Gasteiger charge is 2.18. The van der Waals surface area contributed by atoms with Gasteiger partial charge in [-0.05, 0) is 136 Å². The molecule has 11 rings (SSSR count). The van der Waals surface area contributed by atoms with Crippen LogP contribution < -0.4 is 5.73 Å². The summed E-state index contributed by atoms with van der Waals surface area (Å²) >= 11 is 2.36. The molecule has 0 spiro atoms. The van der Waals surface area contributed by atoms with Crippen molar-refractivity contribution in [3.8, 4) is 62.2 Å². The van der Waals surface area contributed by atoms with E-state index >= 15 is 0 Å². The average molecular weight is 880 g/mol. The lowest BCUT2D eigenvalue weighted by Gasteiger charge is -2.13. The molecule has 0 amide bonds. The Labute approximate surface area is 360 Å². The maximum Gasteiger partial charge on any atom is 0.0991 e. The molecule has 0 aliphatic heterocycles. The standard InChI is InChI=1S/C54H34IN5/c55-40-19-25-53-46(31-40)45-27-34(33-56)15-24-52(45)60(53)42-22-26-54-47(32-42)43-13-7-8-14-51(43)59(54)41-20-16-36(17-21-41)38-18-23-44(48(57)28-38)50-30-39(35-9-3-1-4-10-35)29-49(58-50)37-11-5-2-6-12-37/h1-32H,57H2. The quantitative estimate of drug-likeness (QED) is 0.134. The zero-order valence-electron chi connectivity index (χ0n) is 32.2. The molecule has 0 saturated carbocycles. The summed E-state index contributed by atoms with van der Waals surface area (Å²) in [6, 6.07) is 70.2. The molecule has 0 atom stereocenters. The van der Waals surface area contributed by atoms with Gasteiger partial charge in [0.2, 0.25) is 0 Å². The Hall–Kier alpha value is -7.47. The normalized spacial score (nSPS) is 11.5. The number of nitriles is 1. The van der Waals surface area contributed by atoms with Gasteiger partial charge in [-0.3, -0.25) is 0 Å². The van der Waals surface area contributed by atoms with Gasteiger partial charge in [-0.15, -0.1) is 0 Å². The van der Waals surface area contributed by atoms with Gasteiger partial charge in [0, 0.05) is 53.3 Å². The lowest BCUT2D eigenvalue weighted by atomic mass is 9.97. The van der Waals surface area contributed by atoms with Gasteiger partial charge in [0.05, 0.1) is 45.1 Å². The fourth-order valence-corrected chi connectivity index (χ4v) is 9.21. The number of hydrogen-bond acceptors (Lipinski definition) is 3. The van der Waals surface area contributed by atoms with Crippen molar-refractivity contribution in [2.24, 2.45) is 0 Å². The van der Waals surface area contributed by atoms with E-state index in [1.807, 2.05) is 36.4 Å². The number of hydrogen-bond donors (Lipinski definition) is 1. The first kappa shape index (κ1) is 35.7. The summed E-state index contributed by atoms with van der Waals surface area (Å²) in [6.45, 7) is 0. The smallest absolute Gasteiger partial charge is 0.0991 e. The Morgan fingerprint density at radius 3 is 1.75 bits per heavy atom. The third-order valence-corrected chi connectivity index (χ3v) is 12.2. The van der Waals surface area contributed by atoms with E-state index in [0.717, 1.165) is 92.6 Å². The van der Waals surface area contributed by atoms with Crippen LogP contribution in [0.15, 0.2) is 194 Å². The first-order chi connectivity index (χ1) is 29.5. The van der Waals surface area contributed by atoms with Gasteiger partial charge in [-0.2, -0.15) is 5.26 Å². The number of nitrogen functional groups attached to an aromatic ring is 1. The number of aromatic nitrogens is 3. The molecule has 0 unspecified atom stereocenters. The van der Waals surface area contributed by atoms with Crippen LogP contribution >= 0.6 is 22.6 Å². The Kier molecular flexibility index (Phi) is 8.57. The lowest BCUT2D eigenvalue weighted by Crippen LogP contribution is -1.97. The van der Waals surface area contributed by atoms with Gasteiger partial charge in [-0.25, -0.2) is 4.98 Å². The van der Waals surface area contributed by atoms with Crippen molar-refractivity contribution in [1.29, 1.82) is 5.26 Å². The van der Waals surface area contributed by atoms with Crippen LogP contribution in [0.25, 0.3) is 99.8 Å². The average Bonchev–Trinajstić information content (AvgIpc) is 3.81. The number of nitrogens with zero attached hydrogens (tertiary/aromatic N) is 4. The molecule has 60 heavy (non-hydrogen) atoms. The van der Waals surface area contributed by atoms with Crippen LogP contribution in [-0.2, 0) is 0 Å². The minimum atomic E-state index is 0.658. The number of anilines is 1. The van der Waals surface area contributed by atoms with Crippen LogP contribution in [0.3, 0.4) is 0 Å². The first-order valence-electron chi connectivity index (χ1n) is 19.8. The molecule has 0 saturated heterocycles. The van der Waals surface area contributed by atoms with Gasteiger partial charge in [-0.1, -0.05) is 103 Å². The van der Waals surface area contributed by atoms with Crippen molar-refractivity contribution in [2.75, 3.05) is 5.73 Å². The molecular formula is C54H34IN5. The monoisotopic (exact) mass is 879 g/mol. The molecule has 0 fully saturated rings.